The molecule has 156 valence electrons. The summed E-state index contributed by atoms with van der Waals surface area (Å²) in [6.07, 6.45) is -0.773. The van der Waals surface area contributed by atoms with Gasteiger partial charge in [0, 0.05) is 23.8 Å². The third-order valence-electron chi connectivity index (χ3n) is 4.08. The van der Waals surface area contributed by atoms with Crippen molar-refractivity contribution in [3.8, 4) is 16.3 Å². The van der Waals surface area contributed by atoms with Gasteiger partial charge in [-0.3, -0.25) is 0 Å². The minimum atomic E-state index is -0.773. The van der Waals surface area contributed by atoms with Crippen LogP contribution in [-0.4, -0.2) is 48.7 Å². The molecule has 0 saturated carbocycles. The summed E-state index contributed by atoms with van der Waals surface area (Å²) in [6.45, 7) is 9.65. The third kappa shape index (κ3) is 5.46. The number of aromatic nitrogens is 5. The molecule has 0 saturated heterocycles. The van der Waals surface area contributed by atoms with Crippen LogP contribution >= 0.6 is 23.1 Å². The molecule has 0 radical (unpaired) electrons. The van der Waals surface area contributed by atoms with Gasteiger partial charge in [-0.1, -0.05) is 36.9 Å². The minimum Gasteiger partial charge on any atom is -0.494 e. The van der Waals surface area contributed by atoms with Gasteiger partial charge < -0.3 is 19.7 Å². The molecule has 0 aliphatic rings. The maximum atomic E-state index is 10.4. The molecule has 1 atom stereocenters. The second-order valence-corrected chi connectivity index (χ2v) is 8.55. The van der Waals surface area contributed by atoms with Crippen molar-refractivity contribution in [1.29, 1.82) is 0 Å². The van der Waals surface area contributed by atoms with Crippen LogP contribution in [0.1, 0.15) is 39.4 Å². The topological polar surface area (TPSA) is 98.0 Å². The lowest BCUT2D eigenvalue weighted by Gasteiger charge is -2.12. The molecule has 3 aromatic rings. The Morgan fingerprint density at radius 1 is 1.14 bits per heavy atom. The SMILES string of the molecule is CCOc1ccc(-c2nnc(NC(O)CSc3nnc(C(C)C)n3CC)s2)cc1. The van der Waals surface area contributed by atoms with Gasteiger partial charge in [0.1, 0.15) is 22.8 Å². The van der Waals surface area contributed by atoms with Gasteiger partial charge in [0.25, 0.3) is 0 Å². The number of hydrogen-bond donors (Lipinski definition) is 2. The van der Waals surface area contributed by atoms with Crippen LogP contribution in [0.15, 0.2) is 29.4 Å². The Morgan fingerprint density at radius 2 is 1.90 bits per heavy atom. The molecule has 1 aromatic carbocycles. The summed E-state index contributed by atoms with van der Waals surface area (Å²) in [4.78, 5) is 0. The van der Waals surface area contributed by atoms with E-state index in [0.717, 1.165) is 33.8 Å². The maximum absolute atomic E-state index is 10.4. The first kappa shape index (κ1) is 21.5. The molecular formula is C19H26N6O2S2. The van der Waals surface area contributed by atoms with E-state index in [1.165, 1.54) is 23.1 Å². The highest BCUT2D eigenvalue weighted by Gasteiger charge is 2.16. The Labute approximate surface area is 178 Å². The van der Waals surface area contributed by atoms with E-state index in [1.807, 2.05) is 31.2 Å². The van der Waals surface area contributed by atoms with E-state index in [-0.39, 0.29) is 0 Å². The summed E-state index contributed by atoms with van der Waals surface area (Å²) in [6, 6.07) is 7.72. The van der Waals surface area contributed by atoms with Crippen molar-refractivity contribution < 1.29 is 9.84 Å². The zero-order valence-electron chi connectivity index (χ0n) is 17.0. The van der Waals surface area contributed by atoms with Gasteiger partial charge in [-0.2, -0.15) is 0 Å². The number of benzene rings is 1. The van der Waals surface area contributed by atoms with Gasteiger partial charge in [-0.25, -0.2) is 0 Å². The summed E-state index contributed by atoms with van der Waals surface area (Å²) in [5.41, 5.74) is 0.958. The number of anilines is 1. The van der Waals surface area contributed by atoms with E-state index in [2.05, 4.69) is 51.0 Å². The van der Waals surface area contributed by atoms with Gasteiger partial charge in [0.15, 0.2) is 5.16 Å². The Balaban J connectivity index is 1.57. The van der Waals surface area contributed by atoms with Crippen molar-refractivity contribution in [1.82, 2.24) is 25.0 Å². The van der Waals surface area contributed by atoms with E-state index < -0.39 is 6.23 Å². The predicted molar refractivity (Wildman–Crippen MR) is 117 cm³/mol. The van der Waals surface area contributed by atoms with Gasteiger partial charge >= 0.3 is 0 Å². The van der Waals surface area contributed by atoms with E-state index >= 15 is 0 Å². The van der Waals surface area contributed by atoms with Crippen molar-refractivity contribution in [3.05, 3.63) is 30.1 Å². The lowest BCUT2D eigenvalue weighted by Crippen LogP contribution is -2.21. The van der Waals surface area contributed by atoms with Gasteiger partial charge in [0.2, 0.25) is 5.13 Å². The fraction of sp³-hybridized carbons (Fsp3) is 0.474. The van der Waals surface area contributed by atoms with Gasteiger partial charge in [-0.05, 0) is 38.1 Å². The van der Waals surface area contributed by atoms with E-state index in [0.29, 0.717) is 23.4 Å². The molecule has 2 aromatic heterocycles. The zero-order chi connectivity index (χ0) is 20.8. The Bertz CT molecular complexity index is 910. The number of ether oxygens (including phenoxy) is 1. The summed E-state index contributed by atoms with van der Waals surface area (Å²) in [5.74, 6) is 2.52. The van der Waals surface area contributed by atoms with Crippen LogP contribution in [0.3, 0.4) is 0 Å². The molecule has 8 nitrogen and oxygen atoms in total. The summed E-state index contributed by atoms with van der Waals surface area (Å²) >= 11 is 2.86. The molecule has 2 N–H and O–H groups in total. The molecule has 1 unspecified atom stereocenters. The van der Waals surface area contributed by atoms with Crippen LogP contribution in [0.4, 0.5) is 5.13 Å². The molecular weight excluding hydrogens is 408 g/mol. The normalized spacial score (nSPS) is 12.3. The molecule has 0 spiro atoms. The fourth-order valence-electron chi connectivity index (χ4n) is 2.73. The number of hydrogen-bond acceptors (Lipinski definition) is 9. The van der Waals surface area contributed by atoms with Crippen LogP contribution in [0.5, 0.6) is 5.75 Å². The van der Waals surface area contributed by atoms with Crippen molar-refractivity contribution in [3.63, 3.8) is 0 Å². The molecule has 3 rings (SSSR count). The molecule has 0 amide bonds. The molecule has 0 aliphatic heterocycles. The largest absolute Gasteiger partial charge is 0.494 e. The van der Waals surface area contributed by atoms with Crippen molar-refractivity contribution >= 4 is 28.2 Å². The zero-order valence-corrected chi connectivity index (χ0v) is 18.6. The van der Waals surface area contributed by atoms with Crippen LogP contribution < -0.4 is 10.1 Å². The predicted octanol–water partition coefficient (Wildman–Crippen LogP) is 3.86. The highest BCUT2D eigenvalue weighted by Crippen LogP contribution is 2.28. The molecule has 0 aliphatic carbocycles. The first-order valence-corrected chi connectivity index (χ1v) is 11.4. The highest BCUT2D eigenvalue weighted by atomic mass is 32.2. The fourth-order valence-corrected chi connectivity index (χ4v) is 4.39. The van der Waals surface area contributed by atoms with E-state index in [1.54, 1.807) is 0 Å². The van der Waals surface area contributed by atoms with Crippen LogP contribution in [0.25, 0.3) is 10.6 Å². The standard InChI is InChI=1S/C19H26N6O2S2/c1-5-25-16(12(3)4)21-24-19(25)28-11-15(26)20-18-23-22-17(29-18)13-7-9-14(10-8-13)27-6-2/h7-10,12,15,26H,5-6,11H2,1-4H3,(H,20,23). The van der Waals surface area contributed by atoms with Crippen molar-refractivity contribution in [2.45, 2.75) is 51.5 Å². The van der Waals surface area contributed by atoms with E-state index in [9.17, 15) is 5.11 Å². The van der Waals surface area contributed by atoms with Gasteiger partial charge in [-0.15, -0.1) is 20.4 Å². The Kier molecular flexibility index (Phi) is 7.45. The van der Waals surface area contributed by atoms with Crippen LogP contribution in [-0.2, 0) is 6.54 Å². The summed E-state index contributed by atoms with van der Waals surface area (Å²) < 4.78 is 7.54. The first-order chi connectivity index (χ1) is 14.0. The second-order valence-electron chi connectivity index (χ2n) is 6.58. The molecule has 29 heavy (non-hydrogen) atoms. The lowest BCUT2D eigenvalue weighted by atomic mass is 10.2. The quantitative estimate of drug-likeness (QED) is 0.367. The number of aliphatic hydroxyl groups is 1. The Hall–Kier alpha value is -2.17. The number of nitrogens with zero attached hydrogens (tertiary/aromatic N) is 5. The smallest absolute Gasteiger partial charge is 0.208 e. The average molecular weight is 435 g/mol. The summed E-state index contributed by atoms with van der Waals surface area (Å²) in [5, 5.41) is 32.4. The number of thioether (sulfide) groups is 1. The third-order valence-corrected chi connectivity index (χ3v) is 6.02. The van der Waals surface area contributed by atoms with Crippen LogP contribution in [0, 0.1) is 0 Å². The van der Waals surface area contributed by atoms with Crippen LogP contribution in [0.2, 0.25) is 0 Å². The number of rotatable bonds is 10. The maximum Gasteiger partial charge on any atom is 0.208 e. The number of nitrogens with one attached hydrogen (secondary N) is 1. The minimum absolute atomic E-state index is 0.308. The molecule has 2 heterocycles. The first-order valence-electron chi connectivity index (χ1n) is 9.59. The molecule has 0 fully saturated rings. The number of aliphatic hydroxyl groups excluding tert-OH is 1. The lowest BCUT2D eigenvalue weighted by molar-refractivity contribution is 0.228. The summed E-state index contributed by atoms with van der Waals surface area (Å²) in [7, 11) is 0. The molecule has 0 bridgehead atoms. The van der Waals surface area contributed by atoms with Gasteiger partial charge in [0.05, 0.1) is 6.61 Å². The Morgan fingerprint density at radius 3 is 2.55 bits per heavy atom. The molecule has 10 heteroatoms. The second kappa shape index (κ2) is 10.0. The highest BCUT2D eigenvalue weighted by molar-refractivity contribution is 7.99. The monoisotopic (exact) mass is 434 g/mol. The van der Waals surface area contributed by atoms with E-state index in [4.69, 9.17) is 4.74 Å². The average Bonchev–Trinajstić information content (AvgIpc) is 3.34. The van der Waals surface area contributed by atoms with Crippen molar-refractivity contribution in [2.75, 3.05) is 17.7 Å². The van der Waals surface area contributed by atoms with Crippen molar-refractivity contribution in [2.24, 2.45) is 0 Å².